The Labute approximate surface area is 269 Å². The molecular formula is C35H34F3N3O6. The molecule has 1 saturated carbocycles. The molecule has 0 unspecified atom stereocenters. The van der Waals surface area contributed by atoms with Crippen molar-refractivity contribution in [3.8, 4) is 17.2 Å². The number of likely N-dealkylation sites (N-methyl/N-ethyl adjacent to an activating group) is 1. The highest BCUT2D eigenvalue weighted by molar-refractivity contribution is 5.92. The van der Waals surface area contributed by atoms with Crippen LogP contribution in [0.25, 0.3) is 6.08 Å². The number of alkyl halides is 3. The molecule has 12 heteroatoms. The van der Waals surface area contributed by atoms with Gasteiger partial charge in [0.2, 0.25) is 5.91 Å². The number of halogens is 3. The third-order valence-electron chi connectivity index (χ3n) is 10.8. The number of nitro groups is 1. The largest absolute Gasteiger partial charge is 0.573 e. The number of likely N-dealkylation sites (tertiary alicyclic amines) is 1. The van der Waals surface area contributed by atoms with E-state index < -0.39 is 47.2 Å². The van der Waals surface area contributed by atoms with E-state index in [0.29, 0.717) is 43.5 Å². The van der Waals surface area contributed by atoms with Gasteiger partial charge >= 0.3 is 6.36 Å². The van der Waals surface area contributed by atoms with Gasteiger partial charge in [-0.15, -0.1) is 13.2 Å². The first-order valence-electron chi connectivity index (χ1n) is 15.7. The Kier molecular flexibility index (Phi) is 7.46. The van der Waals surface area contributed by atoms with Crippen LogP contribution in [0, 0.1) is 10.1 Å². The number of phenolic OH excluding ortho intramolecular Hbond substituents is 1. The minimum atomic E-state index is -4.85. The standard InChI is InChI=1S/C35H34F3N3O6/c1-39(29(43)13-10-23-8-5-9-25(20-23)47-35(36,37)38)26-14-16-34(41(44)45)28-21-24-11-12-27(42)31-30(24)33(34,32(26)46-31)17-19-40(28)18-15-22-6-3-2-4-7-22/h2-13,20,26,28,32,42H,14-19,21H2,1H3/t26-,28+,32-,33-,34+/m0/s1. The van der Waals surface area contributed by atoms with E-state index in [9.17, 15) is 33.2 Å². The van der Waals surface area contributed by atoms with Crippen molar-refractivity contribution in [2.45, 2.75) is 67.6 Å². The van der Waals surface area contributed by atoms with Crippen molar-refractivity contribution in [1.29, 1.82) is 0 Å². The molecule has 4 aliphatic rings. The maximum Gasteiger partial charge on any atom is 0.573 e. The maximum absolute atomic E-state index is 13.6. The zero-order valence-corrected chi connectivity index (χ0v) is 25.7. The highest BCUT2D eigenvalue weighted by Gasteiger charge is 2.80. The molecule has 3 aromatic carbocycles. The van der Waals surface area contributed by atoms with Crippen molar-refractivity contribution in [3.63, 3.8) is 0 Å². The van der Waals surface area contributed by atoms with E-state index in [1.165, 1.54) is 35.3 Å². The molecule has 5 atom stereocenters. The van der Waals surface area contributed by atoms with Crippen LogP contribution >= 0.6 is 0 Å². The van der Waals surface area contributed by atoms with Crippen LogP contribution in [0.4, 0.5) is 13.2 Å². The van der Waals surface area contributed by atoms with E-state index in [-0.39, 0.29) is 22.8 Å². The Balaban J connectivity index is 1.21. The number of rotatable bonds is 8. The second-order valence-electron chi connectivity index (χ2n) is 12.9. The molecule has 2 aliphatic carbocycles. The Morgan fingerprint density at radius 1 is 1.17 bits per heavy atom. The van der Waals surface area contributed by atoms with Gasteiger partial charge in [0, 0.05) is 36.6 Å². The summed E-state index contributed by atoms with van der Waals surface area (Å²) in [5, 5.41) is 24.4. The van der Waals surface area contributed by atoms with Crippen LogP contribution in [0.3, 0.4) is 0 Å². The van der Waals surface area contributed by atoms with Gasteiger partial charge in [-0.2, -0.15) is 0 Å². The van der Waals surface area contributed by atoms with Crippen molar-refractivity contribution < 1.29 is 37.5 Å². The number of amides is 1. The molecule has 2 heterocycles. The van der Waals surface area contributed by atoms with Gasteiger partial charge in [0.15, 0.2) is 11.5 Å². The lowest BCUT2D eigenvalue weighted by molar-refractivity contribution is -0.606. The molecular weight excluding hydrogens is 615 g/mol. The van der Waals surface area contributed by atoms with E-state index in [4.69, 9.17) is 4.74 Å². The summed E-state index contributed by atoms with van der Waals surface area (Å²) >= 11 is 0. The lowest BCUT2D eigenvalue weighted by Crippen LogP contribution is -2.80. The summed E-state index contributed by atoms with van der Waals surface area (Å²) in [6.07, 6.45) is -0.821. The van der Waals surface area contributed by atoms with E-state index in [1.54, 1.807) is 19.2 Å². The van der Waals surface area contributed by atoms with Crippen LogP contribution in [0.5, 0.6) is 17.2 Å². The average molecular weight is 650 g/mol. The van der Waals surface area contributed by atoms with E-state index in [0.717, 1.165) is 17.5 Å². The Hall–Kier alpha value is -4.58. The Bertz CT molecular complexity index is 1750. The van der Waals surface area contributed by atoms with Gasteiger partial charge in [-0.25, -0.2) is 0 Å². The summed E-state index contributed by atoms with van der Waals surface area (Å²) in [4.78, 5) is 30.7. The quantitative estimate of drug-likeness (QED) is 0.195. The molecule has 2 fully saturated rings. The highest BCUT2D eigenvalue weighted by Crippen LogP contribution is 2.66. The highest BCUT2D eigenvalue weighted by atomic mass is 19.4. The Morgan fingerprint density at radius 2 is 1.96 bits per heavy atom. The third kappa shape index (κ3) is 4.92. The number of piperidine rings is 1. The zero-order chi connectivity index (χ0) is 33.1. The summed E-state index contributed by atoms with van der Waals surface area (Å²) in [7, 11) is 1.61. The summed E-state index contributed by atoms with van der Waals surface area (Å²) < 4.78 is 48.7. The van der Waals surface area contributed by atoms with E-state index in [2.05, 4.69) is 21.8 Å². The van der Waals surface area contributed by atoms with Crippen molar-refractivity contribution in [1.82, 2.24) is 9.80 Å². The average Bonchev–Trinajstić information content (AvgIpc) is 3.39. The van der Waals surface area contributed by atoms with Crippen molar-refractivity contribution in [2.24, 2.45) is 0 Å². The molecule has 2 aliphatic heterocycles. The fourth-order valence-electron chi connectivity index (χ4n) is 8.83. The van der Waals surface area contributed by atoms with Crippen LogP contribution in [0.15, 0.2) is 72.8 Å². The van der Waals surface area contributed by atoms with E-state index >= 15 is 0 Å². The molecule has 1 amide bonds. The molecule has 0 aromatic heterocycles. The normalized spacial score (nSPS) is 27.6. The molecule has 1 spiro atoms. The topological polar surface area (TPSA) is 105 Å². The molecule has 9 nitrogen and oxygen atoms in total. The second kappa shape index (κ2) is 11.3. The van der Waals surface area contributed by atoms with Gasteiger partial charge in [0.1, 0.15) is 17.3 Å². The van der Waals surface area contributed by atoms with Gasteiger partial charge in [0.05, 0.1) is 12.1 Å². The summed E-state index contributed by atoms with van der Waals surface area (Å²) in [6, 6.07) is 17.8. The minimum Gasteiger partial charge on any atom is -0.504 e. The SMILES string of the molecule is CN(C(=O)C=Cc1cccc(OC(F)(F)F)c1)[C@H]1CC[C@@]2([N+](=O)[O-])[C@H]3Cc4ccc(O)c5c4[C@@]2(CCN3CCc2ccccc2)[C@H]1O5. The number of hydrogen-bond acceptors (Lipinski definition) is 7. The number of phenols is 1. The number of aromatic hydroxyl groups is 1. The van der Waals surface area contributed by atoms with Crippen molar-refractivity contribution in [3.05, 3.63) is 105 Å². The lowest BCUT2D eigenvalue weighted by atomic mass is 9.46. The predicted octanol–water partition coefficient (Wildman–Crippen LogP) is 5.51. The van der Waals surface area contributed by atoms with Gasteiger partial charge in [-0.1, -0.05) is 48.5 Å². The molecule has 3 aromatic rings. The Morgan fingerprint density at radius 3 is 2.70 bits per heavy atom. The number of carbonyl (C=O) groups is 1. The van der Waals surface area contributed by atoms with Crippen LogP contribution in [0.1, 0.15) is 41.5 Å². The van der Waals surface area contributed by atoms with Gasteiger partial charge in [-0.05, 0) is 73.2 Å². The summed E-state index contributed by atoms with van der Waals surface area (Å²) in [6.45, 7) is 1.26. The minimum absolute atomic E-state index is 0.0803. The van der Waals surface area contributed by atoms with Crippen LogP contribution in [-0.4, -0.2) is 76.0 Å². The number of carbonyl (C=O) groups excluding carboxylic acids is 1. The first kappa shape index (κ1) is 31.0. The van der Waals surface area contributed by atoms with Crippen molar-refractivity contribution >= 4 is 12.0 Å². The summed E-state index contributed by atoms with van der Waals surface area (Å²) in [5.41, 5.74) is 0.637. The molecule has 246 valence electrons. The zero-order valence-electron chi connectivity index (χ0n) is 25.7. The van der Waals surface area contributed by atoms with Gasteiger partial charge in [-0.3, -0.25) is 19.8 Å². The first-order chi connectivity index (χ1) is 22.4. The molecule has 2 bridgehead atoms. The molecule has 47 heavy (non-hydrogen) atoms. The number of benzene rings is 3. The molecule has 7 rings (SSSR count). The van der Waals surface area contributed by atoms with Gasteiger partial charge < -0.3 is 19.5 Å². The number of ether oxygens (including phenoxy) is 2. The van der Waals surface area contributed by atoms with E-state index in [1.807, 2.05) is 24.3 Å². The number of hydrogen-bond donors (Lipinski definition) is 1. The first-order valence-corrected chi connectivity index (χ1v) is 15.7. The lowest BCUT2D eigenvalue weighted by Gasteiger charge is -2.61. The maximum atomic E-state index is 13.6. The summed E-state index contributed by atoms with van der Waals surface area (Å²) in [5.74, 6) is -0.653. The molecule has 1 N–H and O–H groups in total. The van der Waals surface area contributed by atoms with Crippen molar-refractivity contribution in [2.75, 3.05) is 20.1 Å². The number of nitrogens with zero attached hydrogens (tertiary/aromatic N) is 3. The van der Waals surface area contributed by atoms with Crippen LogP contribution in [0.2, 0.25) is 0 Å². The smallest absolute Gasteiger partial charge is 0.504 e. The third-order valence-corrected chi connectivity index (χ3v) is 10.8. The predicted molar refractivity (Wildman–Crippen MR) is 166 cm³/mol. The van der Waals surface area contributed by atoms with Gasteiger partial charge in [0.25, 0.3) is 5.54 Å². The fourth-order valence-corrected chi connectivity index (χ4v) is 8.83. The second-order valence-corrected chi connectivity index (χ2v) is 12.9. The van der Waals surface area contributed by atoms with Crippen LogP contribution in [-0.2, 0) is 23.1 Å². The fraction of sp³-hybridized carbons (Fsp3) is 0.400. The molecule has 1 saturated heterocycles. The van der Waals surface area contributed by atoms with Crippen LogP contribution < -0.4 is 9.47 Å². The monoisotopic (exact) mass is 649 g/mol. The molecule has 0 radical (unpaired) electrons.